The van der Waals surface area contributed by atoms with Crippen molar-refractivity contribution in [1.29, 1.82) is 0 Å². The topological polar surface area (TPSA) is 30.9 Å². The largest absolute Gasteiger partial charge is 0.497 e. The van der Waals surface area contributed by atoms with Gasteiger partial charge in [-0.3, -0.25) is 4.90 Å². The van der Waals surface area contributed by atoms with Crippen LogP contribution in [-0.4, -0.2) is 44.9 Å². The summed E-state index contributed by atoms with van der Waals surface area (Å²) in [7, 11) is 1.70. The van der Waals surface area contributed by atoms with E-state index in [0.29, 0.717) is 6.61 Å². The minimum Gasteiger partial charge on any atom is -0.497 e. The number of benzene rings is 3. The molecule has 5 rings (SSSR count). The molecule has 3 aromatic carbocycles. The first-order chi connectivity index (χ1) is 16.7. The van der Waals surface area contributed by atoms with E-state index < -0.39 is 0 Å². The fourth-order valence-corrected chi connectivity index (χ4v) is 5.28. The molecule has 1 fully saturated rings. The lowest BCUT2D eigenvalue weighted by Gasteiger charge is -2.35. The van der Waals surface area contributed by atoms with Crippen molar-refractivity contribution in [3.05, 3.63) is 89.0 Å². The van der Waals surface area contributed by atoms with Crippen LogP contribution in [0.2, 0.25) is 0 Å². The molecule has 0 radical (unpaired) electrons. The molecular weight excluding hydrogens is 422 g/mol. The summed E-state index contributed by atoms with van der Waals surface area (Å²) in [4.78, 5) is 2.51. The van der Waals surface area contributed by atoms with Crippen LogP contribution in [0.15, 0.2) is 66.7 Å². The molecule has 1 saturated heterocycles. The molecule has 4 nitrogen and oxygen atoms in total. The third-order valence-electron chi connectivity index (χ3n) is 7.25. The van der Waals surface area contributed by atoms with Crippen LogP contribution in [0.4, 0.5) is 0 Å². The molecule has 0 spiro atoms. The van der Waals surface area contributed by atoms with E-state index in [1.54, 1.807) is 7.11 Å². The Morgan fingerprint density at radius 1 is 0.853 bits per heavy atom. The summed E-state index contributed by atoms with van der Waals surface area (Å²) in [5.41, 5.74) is 5.06. The first kappa shape index (κ1) is 22.8. The van der Waals surface area contributed by atoms with E-state index in [1.807, 2.05) is 12.1 Å². The molecule has 0 N–H and O–H groups in total. The van der Waals surface area contributed by atoms with Crippen molar-refractivity contribution in [2.75, 3.05) is 40.0 Å². The predicted molar refractivity (Wildman–Crippen MR) is 136 cm³/mol. The normalized spacial score (nSPS) is 20.3. The number of hydrogen-bond acceptors (Lipinski definition) is 4. The monoisotopic (exact) mass is 457 g/mol. The van der Waals surface area contributed by atoms with Crippen LogP contribution < -0.4 is 14.2 Å². The average molecular weight is 458 g/mol. The Bertz CT molecular complexity index is 1070. The zero-order valence-electron chi connectivity index (χ0n) is 20.3. The minimum absolute atomic E-state index is 0.208. The molecule has 2 aliphatic rings. The summed E-state index contributed by atoms with van der Waals surface area (Å²) < 4.78 is 17.8. The third-order valence-corrected chi connectivity index (χ3v) is 7.25. The van der Waals surface area contributed by atoms with Gasteiger partial charge in [-0.2, -0.15) is 0 Å². The standard InChI is InChI=1S/C30H35NO3/c1-22-6-8-23(9-7-22)28-21-34-29-20-26(32-2)14-15-27(29)30(28)24-10-12-25(13-11-24)33-19-18-31-16-4-3-5-17-31/h6-15,20,28,30H,3-5,16-19,21H2,1-2H3/t28-,30-/m1/s1. The maximum absolute atomic E-state index is 6.24. The highest BCUT2D eigenvalue weighted by atomic mass is 16.5. The van der Waals surface area contributed by atoms with Crippen molar-refractivity contribution >= 4 is 0 Å². The number of piperidine rings is 1. The van der Waals surface area contributed by atoms with Gasteiger partial charge in [0.15, 0.2) is 0 Å². The number of fused-ring (bicyclic) bond motifs is 1. The van der Waals surface area contributed by atoms with Gasteiger partial charge in [-0.05, 0) is 62.2 Å². The van der Waals surface area contributed by atoms with Crippen LogP contribution in [0.25, 0.3) is 0 Å². The number of rotatable bonds is 7. The van der Waals surface area contributed by atoms with Gasteiger partial charge in [0, 0.05) is 30.0 Å². The smallest absolute Gasteiger partial charge is 0.126 e. The molecule has 3 aromatic rings. The van der Waals surface area contributed by atoms with Crippen LogP contribution in [0.1, 0.15) is 53.4 Å². The Hall–Kier alpha value is -2.98. The van der Waals surface area contributed by atoms with Gasteiger partial charge >= 0.3 is 0 Å². The quantitative estimate of drug-likeness (QED) is 0.424. The van der Waals surface area contributed by atoms with E-state index in [-0.39, 0.29) is 11.8 Å². The van der Waals surface area contributed by atoms with E-state index in [1.165, 1.54) is 54.6 Å². The molecule has 0 unspecified atom stereocenters. The summed E-state index contributed by atoms with van der Waals surface area (Å²) in [5.74, 6) is 3.13. The molecule has 0 saturated carbocycles. The number of nitrogens with zero attached hydrogens (tertiary/aromatic N) is 1. The van der Waals surface area contributed by atoms with Gasteiger partial charge in [0.1, 0.15) is 23.9 Å². The van der Waals surface area contributed by atoms with Gasteiger partial charge in [0.05, 0.1) is 13.7 Å². The molecule has 0 bridgehead atoms. The first-order valence-corrected chi connectivity index (χ1v) is 12.5. The fraction of sp³-hybridized carbons (Fsp3) is 0.400. The van der Waals surface area contributed by atoms with Crippen molar-refractivity contribution in [3.8, 4) is 17.2 Å². The minimum atomic E-state index is 0.208. The van der Waals surface area contributed by atoms with Crippen LogP contribution in [0.5, 0.6) is 17.2 Å². The second-order valence-corrected chi connectivity index (χ2v) is 9.53. The zero-order chi connectivity index (χ0) is 23.3. The number of methoxy groups -OCH3 is 1. The Balaban J connectivity index is 1.37. The van der Waals surface area contributed by atoms with Crippen LogP contribution in [-0.2, 0) is 0 Å². The highest BCUT2D eigenvalue weighted by molar-refractivity contribution is 5.51. The van der Waals surface area contributed by atoms with E-state index >= 15 is 0 Å². The van der Waals surface area contributed by atoms with E-state index in [2.05, 4.69) is 66.4 Å². The van der Waals surface area contributed by atoms with Gasteiger partial charge in [0.25, 0.3) is 0 Å². The van der Waals surface area contributed by atoms with E-state index in [0.717, 1.165) is 30.4 Å². The summed E-state index contributed by atoms with van der Waals surface area (Å²) in [6.07, 6.45) is 4.00. The van der Waals surface area contributed by atoms with Gasteiger partial charge in [-0.25, -0.2) is 0 Å². The zero-order valence-corrected chi connectivity index (χ0v) is 20.3. The molecule has 2 aliphatic heterocycles. The Kier molecular flexibility index (Phi) is 7.05. The summed E-state index contributed by atoms with van der Waals surface area (Å²) >= 11 is 0. The molecule has 2 heterocycles. The number of ether oxygens (including phenoxy) is 3. The first-order valence-electron chi connectivity index (χ1n) is 12.5. The maximum atomic E-state index is 6.24. The average Bonchev–Trinajstić information content (AvgIpc) is 2.89. The van der Waals surface area contributed by atoms with Crippen molar-refractivity contribution in [1.82, 2.24) is 4.90 Å². The SMILES string of the molecule is COc1ccc2c(c1)OC[C@H](c1ccc(C)cc1)[C@@H]2c1ccc(OCCN2CCCCC2)cc1. The molecule has 4 heteroatoms. The van der Waals surface area contributed by atoms with Crippen molar-refractivity contribution in [2.24, 2.45) is 0 Å². The van der Waals surface area contributed by atoms with Crippen molar-refractivity contribution < 1.29 is 14.2 Å². The Morgan fingerprint density at radius 2 is 1.56 bits per heavy atom. The highest BCUT2D eigenvalue weighted by Gasteiger charge is 2.33. The molecular formula is C30H35NO3. The molecule has 178 valence electrons. The molecule has 0 amide bonds. The highest BCUT2D eigenvalue weighted by Crippen LogP contribution is 2.47. The maximum Gasteiger partial charge on any atom is 0.126 e. The second-order valence-electron chi connectivity index (χ2n) is 9.53. The van der Waals surface area contributed by atoms with Gasteiger partial charge in [0.2, 0.25) is 0 Å². The van der Waals surface area contributed by atoms with E-state index in [4.69, 9.17) is 14.2 Å². The third kappa shape index (κ3) is 5.07. The van der Waals surface area contributed by atoms with Crippen LogP contribution in [0.3, 0.4) is 0 Å². The number of hydrogen-bond donors (Lipinski definition) is 0. The summed E-state index contributed by atoms with van der Waals surface area (Å²) in [6.45, 7) is 6.93. The lowest BCUT2D eigenvalue weighted by molar-refractivity contribution is 0.183. The van der Waals surface area contributed by atoms with Gasteiger partial charge in [-0.1, -0.05) is 54.4 Å². The number of likely N-dealkylation sites (tertiary alicyclic amines) is 1. The van der Waals surface area contributed by atoms with Gasteiger partial charge < -0.3 is 14.2 Å². The second kappa shape index (κ2) is 10.5. The van der Waals surface area contributed by atoms with Crippen LogP contribution >= 0.6 is 0 Å². The Morgan fingerprint density at radius 3 is 2.29 bits per heavy atom. The summed E-state index contributed by atoms with van der Waals surface area (Å²) in [6, 6.07) is 23.7. The van der Waals surface area contributed by atoms with E-state index in [9.17, 15) is 0 Å². The lowest BCUT2D eigenvalue weighted by Crippen LogP contribution is -2.33. The van der Waals surface area contributed by atoms with Gasteiger partial charge in [-0.15, -0.1) is 0 Å². The van der Waals surface area contributed by atoms with Crippen LogP contribution in [0, 0.1) is 6.92 Å². The lowest BCUT2D eigenvalue weighted by atomic mass is 9.76. The Labute approximate surface area is 203 Å². The fourth-order valence-electron chi connectivity index (χ4n) is 5.28. The predicted octanol–water partition coefficient (Wildman–Crippen LogP) is 6.18. The van der Waals surface area contributed by atoms with Crippen molar-refractivity contribution in [2.45, 2.75) is 38.0 Å². The summed E-state index contributed by atoms with van der Waals surface area (Å²) in [5, 5.41) is 0. The molecule has 0 aromatic heterocycles. The van der Waals surface area contributed by atoms with Crippen molar-refractivity contribution in [3.63, 3.8) is 0 Å². The molecule has 34 heavy (non-hydrogen) atoms. The molecule has 0 aliphatic carbocycles. The molecule has 2 atom stereocenters. The number of aryl methyl sites for hydroxylation is 1.